The maximum atomic E-state index is 13.5. The Morgan fingerprint density at radius 2 is 2.02 bits per heavy atom. The molecule has 1 unspecified atom stereocenters. The number of urea groups is 1. The number of halogens is 5. The van der Waals surface area contributed by atoms with Gasteiger partial charge in [0.25, 0.3) is 5.92 Å². The minimum Gasteiger partial charge on any atom is -0.404 e. The highest BCUT2D eigenvalue weighted by molar-refractivity contribution is 6.10. The van der Waals surface area contributed by atoms with Gasteiger partial charge < -0.3 is 21.3 Å². The summed E-state index contributed by atoms with van der Waals surface area (Å²) in [6, 6.07) is 6.16. The average molecular weight is 565 g/mol. The van der Waals surface area contributed by atoms with Crippen LogP contribution in [0.5, 0.6) is 0 Å². The number of aliphatic imine (C=N–C) groups is 1. The summed E-state index contributed by atoms with van der Waals surface area (Å²) in [5.74, 6) is -3.40. The summed E-state index contributed by atoms with van der Waals surface area (Å²) < 4.78 is 65.4. The number of imidazole rings is 1. The van der Waals surface area contributed by atoms with Gasteiger partial charge in [0, 0.05) is 47.8 Å². The number of rotatable bonds is 7. The largest absolute Gasteiger partial charge is 0.405 e. The second-order valence-electron chi connectivity index (χ2n) is 9.10. The number of carbonyl (C=O) groups excluding carboxylic acids is 2. The molecular formula is C25H25F5N8O2. The Hall–Kier alpha value is -4.56. The molecule has 1 aliphatic heterocycles. The van der Waals surface area contributed by atoms with E-state index in [1.807, 2.05) is 0 Å². The van der Waals surface area contributed by atoms with Crippen molar-refractivity contribution < 1.29 is 31.5 Å². The molecule has 3 heterocycles. The zero-order valence-electron chi connectivity index (χ0n) is 21.1. The van der Waals surface area contributed by atoms with Gasteiger partial charge in [-0.05, 0) is 25.1 Å². The summed E-state index contributed by atoms with van der Waals surface area (Å²) in [6.45, 7) is -0.611. The lowest BCUT2D eigenvalue weighted by atomic mass is 10.1. The van der Waals surface area contributed by atoms with Crippen LogP contribution >= 0.6 is 0 Å². The van der Waals surface area contributed by atoms with E-state index >= 15 is 0 Å². The Morgan fingerprint density at radius 3 is 2.70 bits per heavy atom. The maximum Gasteiger partial charge on any atom is 0.405 e. The lowest BCUT2D eigenvalue weighted by Gasteiger charge is -2.18. The standard InChI is InChI=1S/C25H25F5N8O2/c1-15(22(39)37-6-5-24(26,27)14-37)32-10-18(9-31)17-8-21-33-12-20(38(21)35-11-17)16-3-2-4-19(7-16)36-23(40)34-13-25(28,29)30/h2-4,7-12,15H,5-6,13-14,31H2,1H3,(H2,34,36,40). The fourth-order valence-corrected chi connectivity index (χ4v) is 4.00. The molecule has 4 rings (SSSR count). The van der Waals surface area contributed by atoms with Gasteiger partial charge in [-0.1, -0.05) is 12.1 Å². The number of nitrogens with zero attached hydrogens (tertiary/aromatic N) is 5. The Morgan fingerprint density at radius 1 is 1.25 bits per heavy atom. The third-order valence-electron chi connectivity index (χ3n) is 6.02. The minimum atomic E-state index is -4.53. The normalized spacial score (nSPS) is 16.4. The molecule has 1 aliphatic rings. The van der Waals surface area contributed by atoms with Crippen molar-refractivity contribution in [2.45, 2.75) is 31.5 Å². The minimum absolute atomic E-state index is 0.0295. The van der Waals surface area contributed by atoms with Gasteiger partial charge in [-0.25, -0.2) is 23.1 Å². The zero-order valence-corrected chi connectivity index (χ0v) is 21.1. The van der Waals surface area contributed by atoms with E-state index in [4.69, 9.17) is 5.73 Å². The highest BCUT2D eigenvalue weighted by Crippen LogP contribution is 2.28. The quantitative estimate of drug-likeness (QED) is 0.298. The highest BCUT2D eigenvalue weighted by Gasteiger charge is 2.41. The highest BCUT2D eigenvalue weighted by atomic mass is 19.4. The molecule has 1 fully saturated rings. The molecule has 2 aromatic heterocycles. The average Bonchev–Trinajstić information content (AvgIpc) is 3.49. The number of fused-ring (bicyclic) bond motifs is 1. The molecular weight excluding hydrogens is 539 g/mol. The predicted octanol–water partition coefficient (Wildman–Crippen LogP) is 3.71. The first kappa shape index (κ1) is 28.4. The molecule has 4 N–H and O–H groups in total. The lowest BCUT2D eigenvalue weighted by Crippen LogP contribution is -2.37. The van der Waals surface area contributed by atoms with Crippen molar-refractivity contribution in [2.24, 2.45) is 10.7 Å². The Kier molecular flexibility index (Phi) is 8.02. The third-order valence-corrected chi connectivity index (χ3v) is 6.02. The van der Waals surface area contributed by atoms with E-state index in [9.17, 15) is 31.5 Å². The number of nitrogens with one attached hydrogen (secondary N) is 2. The summed E-state index contributed by atoms with van der Waals surface area (Å²) >= 11 is 0. The van der Waals surface area contributed by atoms with Crippen LogP contribution in [0.3, 0.4) is 0 Å². The van der Waals surface area contributed by atoms with Crippen LogP contribution in [-0.4, -0.2) is 75.4 Å². The first-order valence-electron chi connectivity index (χ1n) is 12.0. The zero-order chi connectivity index (χ0) is 29.1. The Balaban J connectivity index is 1.47. The molecule has 1 atom stereocenters. The van der Waals surface area contributed by atoms with E-state index in [0.717, 1.165) is 4.90 Å². The van der Waals surface area contributed by atoms with Crippen LogP contribution in [0.2, 0.25) is 0 Å². The number of alkyl halides is 5. The molecule has 3 aromatic rings. The van der Waals surface area contributed by atoms with Gasteiger partial charge in [-0.15, -0.1) is 0 Å². The Labute approximate surface area is 224 Å². The van der Waals surface area contributed by atoms with Crippen molar-refractivity contribution in [3.05, 3.63) is 54.5 Å². The number of benzene rings is 1. The fourth-order valence-electron chi connectivity index (χ4n) is 4.00. The summed E-state index contributed by atoms with van der Waals surface area (Å²) in [5.41, 5.74) is 8.51. The van der Waals surface area contributed by atoms with Crippen LogP contribution in [0.25, 0.3) is 22.5 Å². The van der Waals surface area contributed by atoms with Crippen LogP contribution in [-0.2, 0) is 4.79 Å². The second kappa shape index (κ2) is 11.3. The molecule has 0 radical (unpaired) electrons. The first-order chi connectivity index (χ1) is 18.8. The van der Waals surface area contributed by atoms with E-state index in [2.05, 4.69) is 20.4 Å². The van der Waals surface area contributed by atoms with Crippen molar-refractivity contribution in [3.63, 3.8) is 0 Å². The van der Waals surface area contributed by atoms with Gasteiger partial charge >= 0.3 is 12.2 Å². The van der Waals surface area contributed by atoms with Crippen molar-refractivity contribution in [2.75, 3.05) is 25.0 Å². The number of nitrogens with two attached hydrogens (primary N) is 1. The Bertz CT molecular complexity index is 1470. The molecule has 1 saturated heterocycles. The first-order valence-corrected chi connectivity index (χ1v) is 12.0. The molecule has 10 nitrogen and oxygen atoms in total. The second-order valence-corrected chi connectivity index (χ2v) is 9.10. The van der Waals surface area contributed by atoms with Crippen LogP contribution in [0.4, 0.5) is 32.4 Å². The van der Waals surface area contributed by atoms with Crippen LogP contribution in [0, 0.1) is 0 Å². The van der Waals surface area contributed by atoms with Gasteiger partial charge in [0.1, 0.15) is 12.6 Å². The predicted molar refractivity (Wildman–Crippen MR) is 138 cm³/mol. The van der Waals surface area contributed by atoms with Gasteiger partial charge in [0.15, 0.2) is 5.65 Å². The van der Waals surface area contributed by atoms with Crippen molar-refractivity contribution in [3.8, 4) is 11.3 Å². The summed E-state index contributed by atoms with van der Waals surface area (Å²) in [7, 11) is 0. The van der Waals surface area contributed by atoms with E-state index in [-0.39, 0.29) is 18.7 Å². The number of allylic oxidation sites excluding steroid dienone is 1. The van der Waals surface area contributed by atoms with Gasteiger partial charge in [0.2, 0.25) is 5.91 Å². The molecule has 40 heavy (non-hydrogen) atoms. The smallest absolute Gasteiger partial charge is 0.404 e. The van der Waals surface area contributed by atoms with Crippen molar-refractivity contribution >= 4 is 35.1 Å². The topological polar surface area (TPSA) is 130 Å². The van der Waals surface area contributed by atoms with Gasteiger partial charge in [-0.2, -0.15) is 18.3 Å². The summed E-state index contributed by atoms with van der Waals surface area (Å²) in [4.78, 5) is 33.9. The summed E-state index contributed by atoms with van der Waals surface area (Å²) in [5, 5.41) is 8.47. The van der Waals surface area contributed by atoms with E-state index in [0.29, 0.717) is 28.0 Å². The number of anilines is 1. The van der Waals surface area contributed by atoms with Gasteiger partial charge in [-0.3, -0.25) is 9.79 Å². The number of amides is 3. The fraction of sp³-hybridized carbons (Fsp3) is 0.320. The number of likely N-dealkylation sites (tertiary alicyclic amines) is 1. The maximum absolute atomic E-state index is 13.5. The van der Waals surface area contributed by atoms with Gasteiger partial charge in [0.05, 0.1) is 24.6 Å². The van der Waals surface area contributed by atoms with Crippen LogP contribution in [0.1, 0.15) is 18.9 Å². The van der Waals surface area contributed by atoms with Crippen LogP contribution in [0.15, 0.2) is 53.9 Å². The molecule has 0 saturated carbocycles. The SMILES string of the molecule is CC(N=CC(=CN)c1cnn2c(-c3cccc(NC(=O)NCC(F)(F)F)c3)cnc2c1)C(=O)N1CCC(F)(F)C1. The number of hydrogen-bond donors (Lipinski definition) is 3. The molecule has 3 amide bonds. The van der Waals surface area contributed by atoms with E-state index in [1.54, 1.807) is 29.6 Å². The molecule has 212 valence electrons. The van der Waals surface area contributed by atoms with Crippen LogP contribution < -0.4 is 16.4 Å². The lowest BCUT2D eigenvalue weighted by molar-refractivity contribution is -0.132. The van der Waals surface area contributed by atoms with Crippen molar-refractivity contribution in [1.82, 2.24) is 24.8 Å². The number of carbonyl (C=O) groups is 2. The molecule has 0 bridgehead atoms. The molecule has 1 aromatic carbocycles. The van der Waals surface area contributed by atoms with Crippen molar-refractivity contribution in [1.29, 1.82) is 0 Å². The number of hydrogen-bond acceptors (Lipinski definition) is 6. The molecule has 15 heteroatoms. The summed E-state index contributed by atoms with van der Waals surface area (Å²) in [6.07, 6.45) is 0.743. The number of aromatic nitrogens is 3. The monoisotopic (exact) mass is 564 g/mol. The van der Waals surface area contributed by atoms with E-state index in [1.165, 1.54) is 42.3 Å². The van der Waals surface area contributed by atoms with E-state index < -0.39 is 43.2 Å². The molecule has 0 spiro atoms. The molecule has 0 aliphatic carbocycles. The third kappa shape index (κ3) is 6.90.